The number of halogens is 1. The van der Waals surface area contributed by atoms with E-state index in [1.54, 1.807) is 12.1 Å². The summed E-state index contributed by atoms with van der Waals surface area (Å²) >= 11 is 2.24. The molecule has 1 aromatic heterocycles. The van der Waals surface area contributed by atoms with Crippen LogP contribution in [0, 0.1) is 10.5 Å². The van der Waals surface area contributed by atoms with Crippen molar-refractivity contribution in [2.75, 3.05) is 5.32 Å². The molecule has 0 aliphatic heterocycles. The Balaban J connectivity index is 2.02. The third-order valence-electron chi connectivity index (χ3n) is 4.49. The van der Waals surface area contributed by atoms with Crippen LogP contribution in [0.2, 0.25) is 0 Å². The zero-order valence-electron chi connectivity index (χ0n) is 15.5. The summed E-state index contributed by atoms with van der Waals surface area (Å²) in [6.07, 6.45) is 2.94. The molecule has 0 unspecified atom stereocenters. The summed E-state index contributed by atoms with van der Waals surface area (Å²) in [6.45, 7) is 4.58. The molecule has 1 heterocycles. The quantitative estimate of drug-likeness (QED) is 0.414. The van der Waals surface area contributed by atoms with E-state index in [0.717, 1.165) is 34.1 Å². The van der Waals surface area contributed by atoms with Crippen LogP contribution in [-0.2, 0) is 6.54 Å². The summed E-state index contributed by atoms with van der Waals surface area (Å²) in [7, 11) is 0. The molecule has 3 aromatic rings. The van der Waals surface area contributed by atoms with Crippen LogP contribution in [-0.4, -0.2) is 15.7 Å². The van der Waals surface area contributed by atoms with E-state index in [9.17, 15) is 9.59 Å². The lowest BCUT2D eigenvalue weighted by Crippen LogP contribution is -2.28. The molecule has 5 nitrogen and oxygen atoms in total. The number of hydrogen-bond donors (Lipinski definition) is 1. The van der Waals surface area contributed by atoms with Crippen LogP contribution in [0.15, 0.2) is 47.3 Å². The Labute approximate surface area is 171 Å². The average Bonchev–Trinajstić information content (AvgIpc) is 2.66. The van der Waals surface area contributed by atoms with Crippen molar-refractivity contribution >= 4 is 45.0 Å². The molecule has 6 heteroatoms. The number of rotatable bonds is 6. The number of anilines is 1. The molecule has 1 amide bonds. The molecule has 0 aliphatic carbocycles. The van der Waals surface area contributed by atoms with Gasteiger partial charge in [0.15, 0.2) is 5.69 Å². The number of nitrogens with zero attached hydrogens (tertiary/aromatic N) is 2. The number of fused-ring (bicyclic) bond motifs is 1. The zero-order valence-corrected chi connectivity index (χ0v) is 17.6. The van der Waals surface area contributed by atoms with E-state index in [2.05, 4.69) is 39.9 Å². The van der Waals surface area contributed by atoms with Crippen molar-refractivity contribution in [3.8, 4) is 0 Å². The second-order valence-corrected chi connectivity index (χ2v) is 7.79. The van der Waals surface area contributed by atoms with Crippen molar-refractivity contribution in [1.82, 2.24) is 9.78 Å². The van der Waals surface area contributed by atoms with Gasteiger partial charge in [-0.05, 0) is 65.8 Å². The maximum Gasteiger partial charge on any atom is 0.276 e. The largest absolute Gasteiger partial charge is 0.320 e. The molecule has 0 saturated heterocycles. The number of carbonyl (C=O) groups is 1. The lowest BCUT2D eigenvalue weighted by molar-refractivity contribution is 0.102. The Morgan fingerprint density at radius 1 is 1.15 bits per heavy atom. The predicted octanol–water partition coefficient (Wildman–Crippen LogP) is 4.75. The molecule has 0 atom stereocenters. The molecule has 0 saturated carbocycles. The third-order valence-corrected chi connectivity index (χ3v) is 5.16. The van der Waals surface area contributed by atoms with Crippen molar-refractivity contribution < 1.29 is 4.79 Å². The zero-order chi connectivity index (χ0) is 19.4. The second kappa shape index (κ2) is 8.65. The van der Waals surface area contributed by atoms with Gasteiger partial charge in [0.1, 0.15) is 0 Å². The number of benzene rings is 2. The smallest absolute Gasteiger partial charge is 0.276 e. The Morgan fingerprint density at radius 2 is 1.89 bits per heavy atom. The number of aryl methyl sites for hydroxylation is 2. The number of aromatic nitrogens is 2. The first-order valence-corrected chi connectivity index (χ1v) is 10.2. The SMILES string of the molecule is CCCCCn1nc(C(=O)Nc2ccc(I)cc2C)c2ccccc2c1=O. The predicted molar refractivity (Wildman–Crippen MR) is 117 cm³/mol. The van der Waals surface area contributed by atoms with Gasteiger partial charge in [-0.25, -0.2) is 4.68 Å². The van der Waals surface area contributed by atoms with Gasteiger partial charge in [-0.3, -0.25) is 9.59 Å². The molecule has 2 aromatic carbocycles. The van der Waals surface area contributed by atoms with Crippen LogP contribution < -0.4 is 10.9 Å². The first-order chi connectivity index (χ1) is 13.0. The summed E-state index contributed by atoms with van der Waals surface area (Å²) in [5.41, 5.74) is 1.86. The number of hydrogen-bond acceptors (Lipinski definition) is 3. The maximum absolute atomic E-state index is 13.0. The Morgan fingerprint density at radius 3 is 2.59 bits per heavy atom. The molecule has 140 valence electrons. The molecular formula is C21H22IN3O2. The Hall–Kier alpha value is -2.22. The van der Waals surface area contributed by atoms with E-state index < -0.39 is 0 Å². The second-order valence-electron chi connectivity index (χ2n) is 6.54. The van der Waals surface area contributed by atoms with Crippen molar-refractivity contribution in [2.24, 2.45) is 0 Å². The minimum atomic E-state index is -0.306. The molecule has 0 bridgehead atoms. The van der Waals surface area contributed by atoms with Crippen molar-refractivity contribution in [3.05, 3.63) is 67.6 Å². The number of nitrogens with one attached hydrogen (secondary N) is 1. The van der Waals surface area contributed by atoms with E-state index in [-0.39, 0.29) is 17.2 Å². The lowest BCUT2D eigenvalue weighted by atomic mass is 10.1. The van der Waals surface area contributed by atoms with Gasteiger partial charge >= 0.3 is 0 Å². The highest BCUT2D eigenvalue weighted by Crippen LogP contribution is 2.20. The topological polar surface area (TPSA) is 64.0 Å². The summed E-state index contributed by atoms with van der Waals surface area (Å²) in [5, 5.41) is 8.45. The van der Waals surface area contributed by atoms with E-state index >= 15 is 0 Å². The molecule has 0 fully saturated rings. The molecule has 0 aliphatic rings. The summed E-state index contributed by atoms with van der Waals surface area (Å²) in [4.78, 5) is 25.7. The summed E-state index contributed by atoms with van der Waals surface area (Å²) < 4.78 is 2.53. The number of unbranched alkanes of at least 4 members (excludes halogenated alkanes) is 2. The van der Waals surface area contributed by atoms with Gasteiger partial charge in [-0.2, -0.15) is 5.10 Å². The van der Waals surface area contributed by atoms with Gasteiger partial charge in [0.05, 0.1) is 5.39 Å². The van der Waals surface area contributed by atoms with Crippen LogP contribution in [0.25, 0.3) is 10.8 Å². The van der Waals surface area contributed by atoms with Crippen LogP contribution in [0.4, 0.5) is 5.69 Å². The molecule has 0 radical (unpaired) electrons. The van der Waals surface area contributed by atoms with Crippen LogP contribution in [0.5, 0.6) is 0 Å². The minimum absolute atomic E-state index is 0.149. The van der Waals surface area contributed by atoms with Crippen LogP contribution in [0.3, 0.4) is 0 Å². The molecule has 1 N–H and O–H groups in total. The molecular weight excluding hydrogens is 453 g/mol. The Bertz CT molecular complexity index is 1040. The highest BCUT2D eigenvalue weighted by molar-refractivity contribution is 14.1. The van der Waals surface area contributed by atoms with Crippen LogP contribution in [0.1, 0.15) is 42.2 Å². The van der Waals surface area contributed by atoms with Gasteiger partial charge in [0.25, 0.3) is 11.5 Å². The fraction of sp³-hybridized carbons (Fsp3) is 0.286. The first-order valence-electron chi connectivity index (χ1n) is 9.08. The van der Waals surface area contributed by atoms with Crippen molar-refractivity contribution in [2.45, 2.75) is 39.7 Å². The van der Waals surface area contributed by atoms with Crippen LogP contribution >= 0.6 is 22.6 Å². The normalized spacial score (nSPS) is 10.9. The fourth-order valence-corrected chi connectivity index (χ4v) is 3.66. The first kappa shape index (κ1) is 19.5. The van der Waals surface area contributed by atoms with E-state index in [1.807, 2.05) is 37.3 Å². The monoisotopic (exact) mass is 475 g/mol. The van der Waals surface area contributed by atoms with Gasteiger partial charge < -0.3 is 5.32 Å². The standard InChI is InChI=1S/C21H22IN3O2/c1-3-4-7-12-25-21(27)17-9-6-5-8-16(17)19(24-25)20(26)23-18-11-10-15(22)13-14(18)2/h5-6,8-11,13H,3-4,7,12H2,1-2H3,(H,23,26). The lowest BCUT2D eigenvalue weighted by Gasteiger charge is -2.12. The summed E-state index contributed by atoms with van der Waals surface area (Å²) in [6, 6.07) is 13.0. The Kier molecular flexibility index (Phi) is 6.26. The van der Waals surface area contributed by atoms with E-state index in [0.29, 0.717) is 17.3 Å². The highest BCUT2D eigenvalue weighted by atomic mass is 127. The van der Waals surface area contributed by atoms with Gasteiger partial charge in [0, 0.05) is 21.2 Å². The average molecular weight is 475 g/mol. The highest BCUT2D eigenvalue weighted by Gasteiger charge is 2.17. The number of amides is 1. The third kappa shape index (κ3) is 4.37. The maximum atomic E-state index is 13.0. The molecule has 0 spiro atoms. The van der Waals surface area contributed by atoms with E-state index in [4.69, 9.17) is 0 Å². The fourth-order valence-electron chi connectivity index (χ4n) is 3.01. The number of carbonyl (C=O) groups excluding carboxylic acids is 1. The van der Waals surface area contributed by atoms with Gasteiger partial charge in [0.2, 0.25) is 0 Å². The molecule has 27 heavy (non-hydrogen) atoms. The van der Waals surface area contributed by atoms with Gasteiger partial charge in [-0.15, -0.1) is 0 Å². The van der Waals surface area contributed by atoms with E-state index in [1.165, 1.54) is 4.68 Å². The molecule has 3 rings (SSSR count). The summed E-state index contributed by atoms with van der Waals surface area (Å²) in [5.74, 6) is -0.306. The van der Waals surface area contributed by atoms with Gasteiger partial charge in [-0.1, -0.05) is 38.0 Å². The van der Waals surface area contributed by atoms with Crippen molar-refractivity contribution in [3.63, 3.8) is 0 Å². The minimum Gasteiger partial charge on any atom is -0.320 e. The van der Waals surface area contributed by atoms with Crippen molar-refractivity contribution in [1.29, 1.82) is 0 Å².